The third-order valence-corrected chi connectivity index (χ3v) is 2.74. The van der Waals surface area contributed by atoms with E-state index in [1.165, 1.54) is 12.8 Å². The van der Waals surface area contributed by atoms with Gasteiger partial charge in [-0.15, -0.1) is 6.58 Å². The lowest BCUT2D eigenvalue weighted by molar-refractivity contribution is 0.159. The minimum Gasteiger partial charge on any atom is -0.317 e. The summed E-state index contributed by atoms with van der Waals surface area (Å²) in [6.07, 6.45) is 4.46. The van der Waals surface area contributed by atoms with Crippen molar-refractivity contribution in [3.8, 4) is 0 Å². The van der Waals surface area contributed by atoms with Gasteiger partial charge in [-0.2, -0.15) is 0 Å². The van der Waals surface area contributed by atoms with E-state index in [2.05, 4.69) is 37.0 Å². The lowest BCUT2D eigenvalue weighted by atomic mass is 9.87. The van der Waals surface area contributed by atoms with Gasteiger partial charge in [0.15, 0.2) is 0 Å². The fraction of sp³-hybridized carbons (Fsp3) is 0.778. The molecule has 0 spiro atoms. The van der Waals surface area contributed by atoms with Crippen LogP contribution in [0.5, 0.6) is 0 Å². The first-order valence-electron chi connectivity index (χ1n) is 4.23. The molecule has 0 aromatic carbocycles. The van der Waals surface area contributed by atoms with Crippen LogP contribution in [-0.4, -0.2) is 37.6 Å². The van der Waals surface area contributed by atoms with E-state index in [0.717, 1.165) is 13.1 Å². The molecule has 11 heavy (non-hydrogen) atoms. The molecule has 2 heteroatoms. The van der Waals surface area contributed by atoms with Gasteiger partial charge in [-0.05, 0) is 40.0 Å². The van der Waals surface area contributed by atoms with Gasteiger partial charge in [-0.3, -0.25) is 0 Å². The van der Waals surface area contributed by atoms with Gasteiger partial charge in [0, 0.05) is 5.54 Å². The number of rotatable bonds is 2. The Morgan fingerprint density at radius 2 is 1.91 bits per heavy atom. The summed E-state index contributed by atoms with van der Waals surface area (Å²) in [7, 11) is 4.26. The van der Waals surface area contributed by atoms with E-state index in [-0.39, 0.29) is 5.54 Å². The van der Waals surface area contributed by atoms with Crippen molar-refractivity contribution < 1.29 is 0 Å². The third-order valence-electron chi connectivity index (χ3n) is 2.74. The van der Waals surface area contributed by atoms with Crippen LogP contribution in [0.1, 0.15) is 12.8 Å². The number of piperidine rings is 1. The molecular formula is C9H18N2. The van der Waals surface area contributed by atoms with E-state index in [1.54, 1.807) is 0 Å². The Balaban J connectivity index is 2.64. The standard InChI is InChI=1S/C9H18N2/c1-4-9(11(2)3)5-7-10-8-6-9/h4,10H,1,5-8H2,2-3H3. The Morgan fingerprint density at radius 1 is 1.36 bits per heavy atom. The second kappa shape index (κ2) is 3.37. The first kappa shape index (κ1) is 8.75. The molecule has 64 valence electrons. The number of hydrogen-bond donors (Lipinski definition) is 1. The van der Waals surface area contributed by atoms with Crippen LogP contribution in [0.25, 0.3) is 0 Å². The van der Waals surface area contributed by atoms with Crippen molar-refractivity contribution in [2.24, 2.45) is 0 Å². The number of nitrogens with one attached hydrogen (secondary N) is 1. The SMILES string of the molecule is C=CC1(N(C)C)CCNCC1. The summed E-state index contributed by atoms with van der Waals surface area (Å²) in [5.74, 6) is 0. The number of hydrogen-bond acceptors (Lipinski definition) is 2. The van der Waals surface area contributed by atoms with Gasteiger partial charge in [-0.1, -0.05) is 6.08 Å². The molecule has 1 N–H and O–H groups in total. The molecule has 0 aromatic heterocycles. The minimum absolute atomic E-state index is 0.255. The van der Waals surface area contributed by atoms with Gasteiger partial charge in [0.1, 0.15) is 0 Å². The van der Waals surface area contributed by atoms with E-state index in [4.69, 9.17) is 0 Å². The Hall–Kier alpha value is -0.340. The maximum Gasteiger partial charge on any atom is 0.0406 e. The molecule has 1 saturated heterocycles. The van der Waals surface area contributed by atoms with Crippen LogP contribution < -0.4 is 5.32 Å². The fourth-order valence-corrected chi connectivity index (χ4v) is 1.69. The molecule has 0 amide bonds. The van der Waals surface area contributed by atoms with Gasteiger partial charge in [0.05, 0.1) is 0 Å². The zero-order chi connectivity index (χ0) is 8.32. The average Bonchev–Trinajstić information content (AvgIpc) is 2.05. The summed E-state index contributed by atoms with van der Waals surface area (Å²) in [4.78, 5) is 2.28. The highest BCUT2D eigenvalue weighted by atomic mass is 15.2. The molecule has 1 rings (SSSR count). The van der Waals surface area contributed by atoms with Crippen molar-refractivity contribution in [1.29, 1.82) is 0 Å². The molecule has 0 aromatic rings. The zero-order valence-electron chi connectivity index (χ0n) is 7.56. The van der Waals surface area contributed by atoms with Crippen LogP contribution in [0, 0.1) is 0 Å². The molecule has 0 saturated carbocycles. The first-order valence-corrected chi connectivity index (χ1v) is 4.23. The van der Waals surface area contributed by atoms with Crippen molar-refractivity contribution in [2.45, 2.75) is 18.4 Å². The highest BCUT2D eigenvalue weighted by Gasteiger charge is 2.30. The van der Waals surface area contributed by atoms with Crippen LogP contribution in [0.15, 0.2) is 12.7 Å². The predicted octanol–water partition coefficient (Wildman–Crippen LogP) is 0.856. The van der Waals surface area contributed by atoms with Crippen LogP contribution in [0.2, 0.25) is 0 Å². The molecule has 1 heterocycles. The molecule has 0 bridgehead atoms. The second-order valence-corrected chi connectivity index (χ2v) is 3.45. The maximum absolute atomic E-state index is 3.91. The summed E-state index contributed by atoms with van der Waals surface area (Å²) in [5.41, 5.74) is 0.255. The number of likely N-dealkylation sites (N-methyl/N-ethyl adjacent to an activating group) is 1. The topological polar surface area (TPSA) is 15.3 Å². The Bertz CT molecular complexity index is 134. The van der Waals surface area contributed by atoms with Crippen molar-refractivity contribution in [2.75, 3.05) is 27.2 Å². The molecule has 0 atom stereocenters. The second-order valence-electron chi connectivity index (χ2n) is 3.45. The largest absolute Gasteiger partial charge is 0.317 e. The molecule has 0 unspecified atom stereocenters. The fourth-order valence-electron chi connectivity index (χ4n) is 1.69. The minimum atomic E-state index is 0.255. The third kappa shape index (κ3) is 1.63. The van der Waals surface area contributed by atoms with Crippen molar-refractivity contribution >= 4 is 0 Å². The molecule has 1 aliphatic heterocycles. The molecule has 0 aliphatic carbocycles. The van der Waals surface area contributed by atoms with E-state index in [0.29, 0.717) is 0 Å². The summed E-state index contributed by atoms with van der Waals surface area (Å²) in [6.45, 7) is 6.14. The number of nitrogens with zero attached hydrogens (tertiary/aromatic N) is 1. The highest BCUT2D eigenvalue weighted by molar-refractivity contribution is 5.05. The van der Waals surface area contributed by atoms with Gasteiger partial charge in [0.25, 0.3) is 0 Å². The maximum atomic E-state index is 3.91. The summed E-state index contributed by atoms with van der Waals surface area (Å²) < 4.78 is 0. The van der Waals surface area contributed by atoms with Gasteiger partial charge in [-0.25, -0.2) is 0 Å². The molecular weight excluding hydrogens is 136 g/mol. The lowest BCUT2D eigenvalue weighted by Gasteiger charge is -2.40. The van der Waals surface area contributed by atoms with E-state index in [1.807, 2.05) is 0 Å². The summed E-state index contributed by atoms with van der Waals surface area (Å²) in [6, 6.07) is 0. The Morgan fingerprint density at radius 3 is 2.18 bits per heavy atom. The van der Waals surface area contributed by atoms with E-state index < -0.39 is 0 Å². The highest BCUT2D eigenvalue weighted by Crippen LogP contribution is 2.24. The van der Waals surface area contributed by atoms with Crippen LogP contribution >= 0.6 is 0 Å². The quantitative estimate of drug-likeness (QED) is 0.593. The van der Waals surface area contributed by atoms with Crippen molar-refractivity contribution in [1.82, 2.24) is 10.2 Å². The van der Waals surface area contributed by atoms with E-state index in [9.17, 15) is 0 Å². The molecule has 1 fully saturated rings. The van der Waals surface area contributed by atoms with Crippen LogP contribution in [0.3, 0.4) is 0 Å². The Kier molecular flexibility index (Phi) is 2.68. The van der Waals surface area contributed by atoms with E-state index >= 15 is 0 Å². The zero-order valence-corrected chi connectivity index (χ0v) is 7.56. The molecule has 1 aliphatic rings. The lowest BCUT2D eigenvalue weighted by Crippen LogP contribution is -2.49. The van der Waals surface area contributed by atoms with Gasteiger partial charge < -0.3 is 10.2 Å². The summed E-state index contributed by atoms with van der Waals surface area (Å²) in [5, 5.41) is 3.35. The molecule has 0 radical (unpaired) electrons. The van der Waals surface area contributed by atoms with Crippen LogP contribution in [-0.2, 0) is 0 Å². The van der Waals surface area contributed by atoms with Gasteiger partial charge >= 0.3 is 0 Å². The smallest absolute Gasteiger partial charge is 0.0406 e. The van der Waals surface area contributed by atoms with Gasteiger partial charge in [0.2, 0.25) is 0 Å². The van der Waals surface area contributed by atoms with Crippen molar-refractivity contribution in [3.63, 3.8) is 0 Å². The average molecular weight is 154 g/mol. The monoisotopic (exact) mass is 154 g/mol. The Labute approximate surface area is 69.3 Å². The van der Waals surface area contributed by atoms with Crippen molar-refractivity contribution in [3.05, 3.63) is 12.7 Å². The normalized spacial score (nSPS) is 23.5. The predicted molar refractivity (Wildman–Crippen MR) is 48.7 cm³/mol. The van der Waals surface area contributed by atoms with Crippen LogP contribution in [0.4, 0.5) is 0 Å². The summed E-state index contributed by atoms with van der Waals surface area (Å²) >= 11 is 0. The molecule has 2 nitrogen and oxygen atoms in total. The first-order chi connectivity index (χ1) is 5.21.